The molecule has 22 heavy (non-hydrogen) atoms. The van der Waals surface area contributed by atoms with Crippen LogP contribution in [0.1, 0.15) is 24.1 Å². The summed E-state index contributed by atoms with van der Waals surface area (Å²) in [5, 5.41) is 10.00. The van der Waals surface area contributed by atoms with Gasteiger partial charge in [0.05, 0.1) is 6.04 Å². The molecule has 0 aliphatic rings. The molecule has 0 aliphatic heterocycles. The van der Waals surface area contributed by atoms with Crippen LogP contribution >= 0.6 is 0 Å². The Balaban J connectivity index is 0.00000242. The first kappa shape index (κ1) is 19.2. The van der Waals surface area contributed by atoms with Crippen LogP contribution in [-0.2, 0) is 6.61 Å². The number of carbonyl (C=O) groups excluding carboxylic acids is 1. The Morgan fingerprint density at radius 1 is 1.18 bits per heavy atom. The predicted molar refractivity (Wildman–Crippen MR) is 86.0 cm³/mol. The summed E-state index contributed by atoms with van der Waals surface area (Å²) in [6.45, 7) is 2.17. The second-order valence-electron chi connectivity index (χ2n) is 4.70. The monoisotopic (exact) mass is 326 g/mol. The van der Waals surface area contributed by atoms with E-state index >= 15 is 0 Å². The third-order valence-corrected chi connectivity index (χ3v) is 3.20. The molecule has 0 spiro atoms. The molecule has 0 radical (unpaired) electrons. The van der Waals surface area contributed by atoms with E-state index in [1.54, 1.807) is 31.2 Å². The van der Waals surface area contributed by atoms with Gasteiger partial charge in [0.1, 0.15) is 12.4 Å². The van der Waals surface area contributed by atoms with Crippen LogP contribution in [0.3, 0.4) is 0 Å². The standard InChI is InChI=1S/C16H18N2O3.K.H/c1-12(18(20)16(17)19)14-7-9-15(10-8-14)21-11-13-5-3-2-4-6-13;;/h2-10,12,20H,11H2,1H3,(H2,17,19);;. The molecule has 0 aromatic heterocycles. The van der Waals surface area contributed by atoms with Crippen LogP contribution < -0.4 is 10.5 Å². The van der Waals surface area contributed by atoms with E-state index in [0.29, 0.717) is 11.7 Å². The van der Waals surface area contributed by atoms with Gasteiger partial charge in [-0.15, -0.1) is 0 Å². The SMILES string of the molecule is CC(c1ccc(OCc2ccccc2)cc1)N(O)C(N)=O.[KH]. The van der Waals surface area contributed by atoms with Gasteiger partial charge in [-0.05, 0) is 30.2 Å². The fourth-order valence-corrected chi connectivity index (χ4v) is 1.92. The van der Waals surface area contributed by atoms with E-state index in [1.165, 1.54) is 0 Å². The third kappa shape index (κ3) is 5.38. The number of rotatable bonds is 5. The molecule has 3 N–H and O–H groups in total. The molecule has 0 heterocycles. The van der Waals surface area contributed by atoms with E-state index < -0.39 is 12.1 Å². The predicted octanol–water partition coefficient (Wildman–Crippen LogP) is 2.45. The number of ether oxygens (including phenoxy) is 1. The summed E-state index contributed by atoms with van der Waals surface area (Å²) in [5.74, 6) is 0.721. The van der Waals surface area contributed by atoms with E-state index in [2.05, 4.69) is 0 Å². The Bertz CT molecular complexity index is 590. The van der Waals surface area contributed by atoms with E-state index in [-0.39, 0.29) is 51.4 Å². The number of primary amides is 1. The Morgan fingerprint density at radius 3 is 2.32 bits per heavy atom. The summed E-state index contributed by atoms with van der Waals surface area (Å²) in [5.41, 5.74) is 6.88. The van der Waals surface area contributed by atoms with Crippen LogP contribution in [0, 0.1) is 0 Å². The fraction of sp³-hybridized carbons (Fsp3) is 0.188. The molecule has 0 aliphatic carbocycles. The van der Waals surface area contributed by atoms with E-state index in [1.807, 2.05) is 30.3 Å². The van der Waals surface area contributed by atoms with Crippen molar-refractivity contribution in [3.8, 4) is 5.75 Å². The summed E-state index contributed by atoms with van der Waals surface area (Å²) in [6, 6.07) is 15.6. The van der Waals surface area contributed by atoms with Crippen molar-refractivity contribution in [1.29, 1.82) is 0 Å². The Labute approximate surface area is 172 Å². The molecule has 5 nitrogen and oxygen atoms in total. The van der Waals surface area contributed by atoms with Gasteiger partial charge in [0.25, 0.3) is 0 Å². The molecule has 2 amide bonds. The molecule has 112 valence electrons. The van der Waals surface area contributed by atoms with Gasteiger partial charge in [-0.2, -0.15) is 5.06 Å². The van der Waals surface area contributed by atoms with Crippen molar-refractivity contribution in [2.45, 2.75) is 19.6 Å². The Kier molecular flexibility index (Phi) is 8.09. The normalized spacial score (nSPS) is 11.2. The molecule has 6 heteroatoms. The molecule has 0 fully saturated rings. The van der Waals surface area contributed by atoms with Crippen LogP contribution in [-0.4, -0.2) is 67.7 Å². The average molecular weight is 326 g/mol. The topological polar surface area (TPSA) is 75.8 Å². The number of hydroxylamine groups is 2. The third-order valence-electron chi connectivity index (χ3n) is 3.20. The van der Waals surface area contributed by atoms with Gasteiger partial charge in [0, 0.05) is 0 Å². The van der Waals surface area contributed by atoms with E-state index in [0.717, 1.165) is 16.9 Å². The molecular weight excluding hydrogens is 307 g/mol. The minimum atomic E-state index is -0.882. The number of nitrogens with zero attached hydrogens (tertiary/aromatic N) is 1. The second-order valence-corrected chi connectivity index (χ2v) is 4.70. The zero-order valence-electron chi connectivity index (χ0n) is 11.8. The second kappa shape index (κ2) is 9.29. The van der Waals surface area contributed by atoms with Crippen LogP contribution in [0.5, 0.6) is 5.75 Å². The number of hydrogen-bond donors (Lipinski definition) is 2. The number of benzene rings is 2. The maximum absolute atomic E-state index is 10.9. The summed E-state index contributed by atoms with van der Waals surface area (Å²) in [6.07, 6.45) is 0. The van der Waals surface area contributed by atoms with Crippen LogP contribution in [0.25, 0.3) is 0 Å². The van der Waals surface area contributed by atoms with Crippen molar-refractivity contribution in [3.63, 3.8) is 0 Å². The quantitative estimate of drug-likeness (QED) is 0.503. The summed E-state index contributed by atoms with van der Waals surface area (Å²) in [7, 11) is 0. The van der Waals surface area contributed by atoms with Gasteiger partial charge >= 0.3 is 57.4 Å². The number of hydrogen-bond acceptors (Lipinski definition) is 3. The van der Waals surface area contributed by atoms with Crippen molar-refractivity contribution >= 4 is 57.4 Å². The van der Waals surface area contributed by atoms with Crippen LogP contribution in [0.15, 0.2) is 54.6 Å². The van der Waals surface area contributed by atoms with Gasteiger partial charge < -0.3 is 10.5 Å². The van der Waals surface area contributed by atoms with Crippen molar-refractivity contribution in [3.05, 3.63) is 65.7 Å². The molecule has 2 rings (SSSR count). The van der Waals surface area contributed by atoms with Gasteiger partial charge in [-0.1, -0.05) is 42.5 Å². The minimum absolute atomic E-state index is 0. The first-order chi connectivity index (χ1) is 10.1. The number of nitrogens with two attached hydrogens (primary N) is 1. The first-order valence-corrected chi connectivity index (χ1v) is 6.62. The van der Waals surface area contributed by atoms with Gasteiger partial charge in [0.15, 0.2) is 0 Å². The first-order valence-electron chi connectivity index (χ1n) is 6.62. The van der Waals surface area contributed by atoms with E-state index in [9.17, 15) is 10.0 Å². The summed E-state index contributed by atoms with van der Waals surface area (Å²) >= 11 is 0. The van der Waals surface area contributed by atoms with Crippen molar-refractivity contribution in [2.75, 3.05) is 0 Å². The summed E-state index contributed by atoms with van der Waals surface area (Å²) in [4.78, 5) is 10.9. The number of amides is 2. The van der Waals surface area contributed by atoms with Crippen LogP contribution in [0.2, 0.25) is 0 Å². The van der Waals surface area contributed by atoms with Gasteiger partial charge in [0.2, 0.25) is 0 Å². The zero-order chi connectivity index (χ0) is 15.2. The molecule has 2 aromatic carbocycles. The molecule has 0 saturated carbocycles. The van der Waals surface area contributed by atoms with Crippen LogP contribution in [0.4, 0.5) is 4.79 Å². The average Bonchev–Trinajstić information content (AvgIpc) is 2.53. The zero-order valence-corrected chi connectivity index (χ0v) is 11.8. The molecule has 1 unspecified atom stereocenters. The molecule has 0 saturated heterocycles. The number of urea groups is 1. The fourth-order valence-electron chi connectivity index (χ4n) is 1.92. The van der Waals surface area contributed by atoms with Crippen molar-refractivity contribution in [1.82, 2.24) is 5.06 Å². The Hall–Kier alpha value is -0.894. The molecule has 0 bridgehead atoms. The Morgan fingerprint density at radius 2 is 1.77 bits per heavy atom. The van der Waals surface area contributed by atoms with Gasteiger partial charge in [-0.25, -0.2) is 4.79 Å². The van der Waals surface area contributed by atoms with Crippen molar-refractivity contribution < 1.29 is 14.7 Å². The molecule has 1 atom stereocenters. The molecular formula is C16H19KN2O3. The van der Waals surface area contributed by atoms with Gasteiger partial charge in [-0.3, -0.25) is 5.21 Å². The molecule has 2 aromatic rings. The maximum atomic E-state index is 10.9. The van der Waals surface area contributed by atoms with E-state index in [4.69, 9.17) is 10.5 Å². The van der Waals surface area contributed by atoms with Crippen molar-refractivity contribution in [2.24, 2.45) is 5.73 Å². The summed E-state index contributed by atoms with van der Waals surface area (Å²) < 4.78 is 5.67. The number of carbonyl (C=O) groups is 1.